The highest BCUT2D eigenvalue weighted by Crippen LogP contribution is 2.43. The fourth-order valence-electron chi connectivity index (χ4n) is 5.23. The third-order valence-corrected chi connectivity index (χ3v) is 9.23. The van der Waals surface area contributed by atoms with Gasteiger partial charge in [0.05, 0.1) is 13.2 Å². The van der Waals surface area contributed by atoms with Crippen LogP contribution in [0.15, 0.2) is 36.5 Å². The predicted molar refractivity (Wildman–Crippen MR) is 206 cm³/mol. The number of nitrogens with two attached hydrogens (primary N) is 1. The fourth-order valence-corrected chi connectivity index (χ4v) is 6.00. The van der Waals surface area contributed by atoms with E-state index in [0.717, 1.165) is 64.2 Å². The molecule has 0 saturated carbocycles. The Hall–Kier alpha value is -1.77. The Morgan fingerprint density at radius 2 is 1.06 bits per heavy atom. The van der Waals surface area contributed by atoms with Crippen molar-refractivity contribution < 1.29 is 37.6 Å². The van der Waals surface area contributed by atoms with Crippen LogP contribution in [0.5, 0.6) is 0 Å². The number of hydrogen-bond acceptors (Lipinski definition) is 8. The molecule has 50 heavy (non-hydrogen) atoms. The Bertz CT molecular complexity index is 923. The first kappa shape index (κ1) is 48.2. The molecule has 0 radical (unpaired) electrons. The van der Waals surface area contributed by atoms with E-state index in [9.17, 15) is 19.0 Å². The highest BCUT2D eigenvalue weighted by molar-refractivity contribution is 7.47. The number of esters is 2. The molecule has 0 aliphatic rings. The van der Waals surface area contributed by atoms with Crippen molar-refractivity contribution in [3.8, 4) is 0 Å². The lowest BCUT2D eigenvalue weighted by Crippen LogP contribution is -2.29. The minimum Gasteiger partial charge on any atom is -0.462 e. The first-order valence-electron chi connectivity index (χ1n) is 20.0. The lowest BCUT2D eigenvalue weighted by Gasteiger charge is -2.19. The first-order chi connectivity index (χ1) is 24.3. The monoisotopic (exact) mass is 728 g/mol. The second-order valence-corrected chi connectivity index (χ2v) is 14.6. The molecule has 292 valence electrons. The van der Waals surface area contributed by atoms with Crippen LogP contribution in [0.25, 0.3) is 0 Å². The van der Waals surface area contributed by atoms with Gasteiger partial charge in [0.25, 0.3) is 0 Å². The molecule has 3 N–H and O–H groups in total. The summed E-state index contributed by atoms with van der Waals surface area (Å²) in [4.78, 5) is 34.7. The van der Waals surface area contributed by atoms with Gasteiger partial charge in [0.1, 0.15) is 6.61 Å². The summed E-state index contributed by atoms with van der Waals surface area (Å²) < 4.78 is 32.6. The Labute approximate surface area is 305 Å². The van der Waals surface area contributed by atoms with Crippen LogP contribution in [-0.2, 0) is 32.7 Å². The van der Waals surface area contributed by atoms with Crippen LogP contribution in [0.2, 0.25) is 0 Å². The normalized spacial score (nSPS) is 13.8. The second kappa shape index (κ2) is 37.0. The van der Waals surface area contributed by atoms with E-state index in [1.807, 2.05) is 0 Å². The molecule has 0 amide bonds. The van der Waals surface area contributed by atoms with Crippen LogP contribution >= 0.6 is 7.82 Å². The van der Waals surface area contributed by atoms with Crippen molar-refractivity contribution in [2.75, 3.05) is 26.4 Å². The number of ether oxygens (including phenoxy) is 2. The van der Waals surface area contributed by atoms with E-state index in [4.69, 9.17) is 24.3 Å². The highest BCUT2D eigenvalue weighted by Gasteiger charge is 2.25. The summed E-state index contributed by atoms with van der Waals surface area (Å²) in [7, 11) is -4.38. The van der Waals surface area contributed by atoms with E-state index in [1.165, 1.54) is 70.6 Å². The topological polar surface area (TPSA) is 134 Å². The second-order valence-electron chi connectivity index (χ2n) is 13.1. The molecule has 1 unspecified atom stereocenters. The minimum atomic E-state index is -4.38. The number of rotatable bonds is 37. The van der Waals surface area contributed by atoms with E-state index in [1.54, 1.807) is 0 Å². The molecule has 0 spiro atoms. The van der Waals surface area contributed by atoms with Crippen LogP contribution < -0.4 is 5.73 Å². The van der Waals surface area contributed by atoms with Gasteiger partial charge in [-0.3, -0.25) is 18.6 Å². The van der Waals surface area contributed by atoms with E-state index in [2.05, 4.69) is 50.3 Å². The molecule has 0 aromatic rings. The number of allylic oxidation sites excluding steroid dienone is 6. The van der Waals surface area contributed by atoms with E-state index in [0.29, 0.717) is 12.8 Å². The molecule has 0 saturated heterocycles. The van der Waals surface area contributed by atoms with E-state index in [-0.39, 0.29) is 32.6 Å². The maximum atomic E-state index is 12.5. The maximum absolute atomic E-state index is 12.5. The maximum Gasteiger partial charge on any atom is 0.472 e. The third-order valence-electron chi connectivity index (χ3n) is 8.25. The summed E-state index contributed by atoms with van der Waals surface area (Å²) in [5, 5.41) is 0. The van der Waals surface area contributed by atoms with Crippen LogP contribution in [0.4, 0.5) is 0 Å². The molecule has 10 heteroatoms. The fraction of sp³-hybridized carbons (Fsp3) is 0.800. The summed E-state index contributed by atoms with van der Waals surface area (Å²) in [5.74, 6) is -0.871. The van der Waals surface area contributed by atoms with Crippen LogP contribution in [0.1, 0.15) is 174 Å². The molecule has 0 fully saturated rings. The standard InChI is InChI=1S/C40H74NO8P/c1-3-5-7-9-11-13-15-17-19-21-23-25-27-29-31-33-40(43)49-38(37-48-50(44,45)47-35-34-41)36-46-39(42)32-30-28-26-24-22-20-18-16-14-12-10-8-6-4-2/h10,12,16,18,23,25,38H,3-9,11,13-15,17,19-22,24,26-37,41H2,1-2H3,(H,44,45)/b12-10+,18-16+,25-23+/t38-/m1/s1. The van der Waals surface area contributed by atoms with Gasteiger partial charge in [-0.2, -0.15) is 0 Å². The zero-order chi connectivity index (χ0) is 36.8. The predicted octanol–water partition coefficient (Wildman–Crippen LogP) is 11.0. The molecule has 0 heterocycles. The molecule has 0 aromatic heterocycles. The minimum absolute atomic E-state index is 0.0481. The number of hydrogen-bond donors (Lipinski definition) is 2. The number of phosphoric acid groups is 1. The summed E-state index contributed by atoms with van der Waals surface area (Å²) in [6.07, 6.45) is 38.9. The van der Waals surface area contributed by atoms with Crippen LogP contribution in [-0.4, -0.2) is 49.3 Å². The van der Waals surface area contributed by atoms with Gasteiger partial charge in [-0.1, -0.05) is 134 Å². The number of phosphoric ester groups is 1. The first-order valence-corrected chi connectivity index (χ1v) is 21.5. The Balaban J connectivity index is 4.25. The zero-order valence-corrected chi connectivity index (χ0v) is 32.8. The summed E-state index contributed by atoms with van der Waals surface area (Å²) in [5.41, 5.74) is 5.33. The molecular formula is C40H74NO8P. The molecule has 0 bridgehead atoms. The highest BCUT2D eigenvalue weighted by atomic mass is 31.2. The lowest BCUT2D eigenvalue weighted by atomic mass is 10.1. The molecule has 2 atom stereocenters. The van der Waals surface area contributed by atoms with Gasteiger partial charge in [-0.15, -0.1) is 0 Å². The Morgan fingerprint density at radius 1 is 0.600 bits per heavy atom. The smallest absolute Gasteiger partial charge is 0.462 e. The summed E-state index contributed by atoms with van der Waals surface area (Å²) in [6, 6.07) is 0. The van der Waals surface area contributed by atoms with Crippen molar-refractivity contribution in [1.29, 1.82) is 0 Å². The van der Waals surface area contributed by atoms with Gasteiger partial charge < -0.3 is 20.1 Å². The molecule has 0 aliphatic carbocycles. The molecule has 0 aromatic carbocycles. The van der Waals surface area contributed by atoms with Crippen molar-refractivity contribution in [3.05, 3.63) is 36.5 Å². The summed E-state index contributed by atoms with van der Waals surface area (Å²) >= 11 is 0. The molecular weight excluding hydrogens is 653 g/mol. The Kier molecular flexibility index (Phi) is 35.7. The van der Waals surface area contributed by atoms with E-state index < -0.39 is 32.5 Å². The van der Waals surface area contributed by atoms with Gasteiger partial charge in [0, 0.05) is 19.4 Å². The average molecular weight is 728 g/mol. The van der Waals surface area contributed by atoms with Crippen molar-refractivity contribution in [2.24, 2.45) is 5.73 Å². The summed E-state index contributed by atoms with van der Waals surface area (Å²) in [6.45, 7) is 3.64. The number of unbranched alkanes of at least 4 members (excludes halogenated alkanes) is 18. The van der Waals surface area contributed by atoms with Gasteiger partial charge in [-0.05, 0) is 64.2 Å². The van der Waals surface area contributed by atoms with Crippen molar-refractivity contribution in [1.82, 2.24) is 0 Å². The number of carbonyl (C=O) groups is 2. The van der Waals surface area contributed by atoms with Crippen molar-refractivity contribution in [2.45, 2.75) is 180 Å². The quantitative estimate of drug-likeness (QED) is 0.0277. The average Bonchev–Trinajstić information content (AvgIpc) is 3.10. The van der Waals surface area contributed by atoms with Crippen molar-refractivity contribution >= 4 is 19.8 Å². The molecule has 0 rings (SSSR count). The lowest BCUT2D eigenvalue weighted by molar-refractivity contribution is -0.161. The van der Waals surface area contributed by atoms with E-state index >= 15 is 0 Å². The van der Waals surface area contributed by atoms with Gasteiger partial charge in [0.15, 0.2) is 6.10 Å². The molecule has 9 nitrogen and oxygen atoms in total. The van der Waals surface area contributed by atoms with Crippen molar-refractivity contribution in [3.63, 3.8) is 0 Å². The zero-order valence-electron chi connectivity index (χ0n) is 31.9. The van der Waals surface area contributed by atoms with Crippen LogP contribution in [0.3, 0.4) is 0 Å². The number of carbonyl (C=O) groups excluding carboxylic acids is 2. The van der Waals surface area contributed by atoms with Crippen LogP contribution in [0, 0.1) is 0 Å². The largest absolute Gasteiger partial charge is 0.472 e. The van der Waals surface area contributed by atoms with Gasteiger partial charge in [0.2, 0.25) is 0 Å². The Morgan fingerprint density at radius 3 is 1.64 bits per heavy atom. The third kappa shape index (κ3) is 36.0. The van der Waals surface area contributed by atoms with Gasteiger partial charge >= 0.3 is 19.8 Å². The molecule has 0 aliphatic heterocycles. The SMILES string of the molecule is CCCC/C=C/C/C=C/CCCCCCCC(=O)OC[C@H](COP(=O)(O)OCCN)OC(=O)CCCC/C=C/CCCCCCCCCCC. The van der Waals surface area contributed by atoms with Gasteiger partial charge in [-0.25, -0.2) is 4.57 Å².